The van der Waals surface area contributed by atoms with Crippen LogP contribution in [-0.2, 0) is 41.1 Å². The molecule has 0 saturated carbocycles. The summed E-state index contributed by atoms with van der Waals surface area (Å²) in [6.45, 7) is 2.08. The summed E-state index contributed by atoms with van der Waals surface area (Å²) in [5.74, 6) is 0. The van der Waals surface area contributed by atoms with E-state index < -0.39 is 16.5 Å². The van der Waals surface area contributed by atoms with Gasteiger partial charge in [0, 0.05) is 0 Å². The van der Waals surface area contributed by atoms with Crippen LogP contribution in [-0.4, -0.2) is 0 Å². The number of aryl methyl sites for hydroxylation is 1. The van der Waals surface area contributed by atoms with Gasteiger partial charge in [-0.25, -0.2) is 0 Å². The van der Waals surface area contributed by atoms with Crippen LogP contribution in [0.5, 0.6) is 0 Å². The molecule has 0 aliphatic heterocycles. The summed E-state index contributed by atoms with van der Waals surface area (Å²) in [4.78, 5) is 18.6. The average molecular weight is 437 g/mol. The Morgan fingerprint density at radius 1 is 1.07 bits per heavy atom. The minimum atomic E-state index is -3.51. The molecular weight excluding hydrogens is 427 g/mol. The summed E-state index contributed by atoms with van der Waals surface area (Å²) in [5.41, 5.74) is 1.32. The molecule has 0 aliphatic rings. The summed E-state index contributed by atoms with van der Waals surface area (Å²) in [6, 6.07) is 10.3. The minimum Gasteiger partial charge on any atom is -0.781 e. The zero-order chi connectivity index (χ0) is 11.0. The molecule has 0 radical (unpaired) electrons. The van der Waals surface area contributed by atoms with Crippen LogP contribution < -0.4 is 9.79 Å². The Morgan fingerprint density at radius 3 is 1.60 bits per heavy atom. The number of hydrogen-bond donors (Lipinski definition) is 0. The van der Waals surface area contributed by atoms with E-state index in [-0.39, 0.29) is 27.7 Å². The SMILES string of the molecule is Cc1ccccc1.O=[PH]([O-])O[PH](=O)[O-].[Hg+2]. The van der Waals surface area contributed by atoms with E-state index >= 15 is 0 Å². The van der Waals surface area contributed by atoms with Crippen LogP contribution in [0.15, 0.2) is 30.3 Å². The van der Waals surface area contributed by atoms with Gasteiger partial charge in [-0.3, -0.25) is 4.31 Å². The molecule has 8 heteroatoms. The van der Waals surface area contributed by atoms with E-state index in [9.17, 15) is 18.9 Å². The van der Waals surface area contributed by atoms with Crippen LogP contribution in [0, 0.1) is 6.92 Å². The molecule has 0 fully saturated rings. The first kappa shape index (κ1) is 17.9. The maximum absolute atomic E-state index is 9.29. The third-order valence-corrected chi connectivity index (χ3v) is 2.44. The van der Waals surface area contributed by atoms with Gasteiger partial charge in [0.25, 0.3) is 0 Å². The minimum absolute atomic E-state index is 0. The van der Waals surface area contributed by atoms with Crippen LogP contribution in [0.4, 0.5) is 0 Å². The van der Waals surface area contributed by atoms with Crippen molar-refractivity contribution in [3.63, 3.8) is 0 Å². The zero-order valence-corrected chi connectivity index (χ0v) is 15.6. The first-order valence-electron chi connectivity index (χ1n) is 3.64. The van der Waals surface area contributed by atoms with Crippen LogP contribution in [0.1, 0.15) is 5.56 Å². The molecule has 0 saturated heterocycles. The summed E-state index contributed by atoms with van der Waals surface area (Å²) in [7, 11) is -7.03. The largest absolute Gasteiger partial charge is 2.00 e. The molecule has 0 N–H and O–H groups in total. The summed E-state index contributed by atoms with van der Waals surface area (Å²) < 4.78 is 21.8. The topological polar surface area (TPSA) is 89.5 Å². The van der Waals surface area contributed by atoms with Crippen molar-refractivity contribution in [3.8, 4) is 0 Å². The Labute approximate surface area is 110 Å². The van der Waals surface area contributed by atoms with E-state index in [1.54, 1.807) is 0 Å². The maximum atomic E-state index is 9.29. The van der Waals surface area contributed by atoms with Gasteiger partial charge in [-0.1, -0.05) is 35.9 Å². The molecule has 2 unspecified atom stereocenters. The summed E-state index contributed by atoms with van der Waals surface area (Å²) >= 11 is 0. The Bertz CT molecular complexity index is 294. The molecule has 0 heterocycles. The van der Waals surface area contributed by atoms with E-state index in [1.165, 1.54) is 5.56 Å². The second kappa shape index (κ2) is 11.0. The molecule has 15 heavy (non-hydrogen) atoms. The van der Waals surface area contributed by atoms with Crippen molar-refractivity contribution in [2.24, 2.45) is 0 Å². The van der Waals surface area contributed by atoms with Gasteiger partial charge in [0.1, 0.15) is 16.5 Å². The van der Waals surface area contributed by atoms with Crippen LogP contribution in [0.25, 0.3) is 0 Å². The second-order valence-corrected chi connectivity index (χ2v) is 4.07. The van der Waals surface area contributed by atoms with E-state index in [1.807, 2.05) is 18.2 Å². The van der Waals surface area contributed by atoms with Crippen molar-refractivity contribution in [3.05, 3.63) is 35.9 Å². The predicted octanol–water partition coefficient (Wildman–Crippen LogP) is 0.496. The van der Waals surface area contributed by atoms with E-state index in [4.69, 9.17) is 0 Å². The van der Waals surface area contributed by atoms with Gasteiger partial charge in [-0.2, -0.15) is 0 Å². The van der Waals surface area contributed by atoms with Gasteiger partial charge in [0.05, 0.1) is 0 Å². The summed E-state index contributed by atoms with van der Waals surface area (Å²) in [6.07, 6.45) is 0. The standard InChI is InChI=1S/C7H8.Hg.H4O5P2/c1-7-5-3-2-4-6-7;;1-6(2)5-7(3)4/h2-6H,1H3;;6-7H,(H,1,2)(H,3,4)/q;+2;/p-2. The van der Waals surface area contributed by atoms with Gasteiger partial charge in [-0.05, 0) is 6.92 Å². The van der Waals surface area contributed by atoms with Crippen LogP contribution in [0.3, 0.4) is 0 Å². The van der Waals surface area contributed by atoms with Crippen molar-refractivity contribution in [2.45, 2.75) is 6.92 Å². The first-order chi connectivity index (χ1) is 6.52. The molecule has 0 aliphatic carbocycles. The van der Waals surface area contributed by atoms with Gasteiger partial charge >= 0.3 is 27.7 Å². The van der Waals surface area contributed by atoms with Gasteiger partial charge in [-0.15, -0.1) is 0 Å². The van der Waals surface area contributed by atoms with Crippen molar-refractivity contribution in [1.82, 2.24) is 0 Å². The van der Waals surface area contributed by atoms with Crippen molar-refractivity contribution >= 4 is 16.5 Å². The Kier molecular flexibility index (Phi) is 13.1. The first-order valence-corrected chi connectivity index (χ1v) is 6.08. The molecule has 1 aromatic rings. The van der Waals surface area contributed by atoms with Gasteiger partial charge in [0.15, 0.2) is 0 Å². The van der Waals surface area contributed by atoms with Crippen molar-refractivity contribution in [2.75, 3.05) is 0 Å². The van der Waals surface area contributed by atoms with Crippen LogP contribution >= 0.6 is 16.5 Å². The Morgan fingerprint density at radius 2 is 1.47 bits per heavy atom. The monoisotopic (exact) mass is 438 g/mol. The molecule has 80 valence electrons. The smallest absolute Gasteiger partial charge is 0.781 e. The molecule has 0 bridgehead atoms. The molecular formula is C7H10HgO5P2. The number of benzene rings is 1. The van der Waals surface area contributed by atoms with E-state index in [2.05, 4.69) is 23.4 Å². The van der Waals surface area contributed by atoms with E-state index in [0.717, 1.165) is 0 Å². The third-order valence-electron chi connectivity index (χ3n) is 1.11. The molecule has 1 aromatic carbocycles. The average Bonchev–Trinajstić information content (AvgIpc) is 2.03. The summed E-state index contributed by atoms with van der Waals surface area (Å²) in [5, 5.41) is 0. The molecule has 0 aromatic heterocycles. The molecule has 5 nitrogen and oxygen atoms in total. The molecule has 2 atom stereocenters. The van der Waals surface area contributed by atoms with Crippen LogP contribution in [0.2, 0.25) is 0 Å². The van der Waals surface area contributed by atoms with Gasteiger partial charge < -0.3 is 18.9 Å². The van der Waals surface area contributed by atoms with Crippen molar-refractivity contribution in [1.29, 1.82) is 0 Å². The second-order valence-electron chi connectivity index (χ2n) is 2.26. The fourth-order valence-corrected chi connectivity index (χ4v) is 1.15. The van der Waals surface area contributed by atoms with Gasteiger partial charge in [0.2, 0.25) is 0 Å². The number of rotatable bonds is 2. The zero-order valence-electron chi connectivity index (χ0n) is 8.14. The number of hydrogen-bond acceptors (Lipinski definition) is 5. The van der Waals surface area contributed by atoms with Crippen molar-refractivity contribution < 1.29 is 50.9 Å². The Hall–Kier alpha value is 0.495. The normalized spacial score (nSPS) is 12.7. The predicted molar refractivity (Wildman–Crippen MR) is 50.3 cm³/mol. The molecule has 0 amide bonds. The third kappa shape index (κ3) is 14.5. The van der Waals surface area contributed by atoms with E-state index in [0.29, 0.717) is 0 Å². The fraction of sp³-hybridized carbons (Fsp3) is 0.143. The fourth-order valence-electron chi connectivity index (χ4n) is 0.602. The quantitative estimate of drug-likeness (QED) is 0.497. The molecule has 1 rings (SSSR count). The maximum Gasteiger partial charge on any atom is 2.00 e. The molecule has 0 spiro atoms. The Balaban J connectivity index is 0.